The van der Waals surface area contributed by atoms with Gasteiger partial charge in [0.2, 0.25) is 0 Å². The number of halogens is 1. The summed E-state index contributed by atoms with van der Waals surface area (Å²) in [6.07, 6.45) is 0. The predicted octanol–water partition coefficient (Wildman–Crippen LogP) is 3.58. The quantitative estimate of drug-likeness (QED) is 0.900. The van der Waals surface area contributed by atoms with E-state index < -0.39 is 5.97 Å². The smallest absolute Gasteiger partial charge is 0.307 e. The summed E-state index contributed by atoms with van der Waals surface area (Å²) >= 11 is 3.44. The third-order valence-corrected chi connectivity index (χ3v) is 4.16. The average molecular weight is 283 g/mol. The standard InChI is InChI=1S/C13H15BrO2/c1-7-4-5-8(14)6-9(7)10-11(12(15)16)13(10,2)3/h4-6,10-11H,1-3H3,(H,15,16)/t10-,11+/m1/s1. The third kappa shape index (κ3) is 1.67. The second-order valence-corrected chi connectivity index (χ2v) is 6.03. The van der Waals surface area contributed by atoms with Crippen molar-refractivity contribution in [2.45, 2.75) is 26.7 Å². The van der Waals surface area contributed by atoms with Gasteiger partial charge in [-0.15, -0.1) is 0 Å². The summed E-state index contributed by atoms with van der Waals surface area (Å²) in [5.41, 5.74) is 2.20. The molecule has 2 nitrogen and oxygen atoms in total. The molecule has 1 aromatic rings. The second kappa shape index (κ2) is 3.59. The Bertz CT molecular complexity index is 451. The van der Waals surface area contributed by atoms with Gasteiger partial charge in [-0.25, -0.2) is 0 Å². The monoisotopic (exact) mass is 282 g/mol. The minimum absolute atomic E-state index is 0.128. The zero-order valence-electron chi connectivity index (χ0n) is 9.62. The molecule has 0 aromatic heterocycles. The topological polar surface area (TPSA) is 37.3 Å². The van der Waals surface area contributed by atoms with Crippen LogP contribution in [0.1, 0.15) is 30.9 Å². The summed E-state index contributed by atoms with van der Waals surface area (Å²) in [6.45, 7) is 6.09. The van der Waals surface area contributed by atoms with E-state index in [-0.39, 0.29) is 17.3 Å². The minimum Gasteiger partial charge on any atom is -0.481 e. The molecular weight excluding hydrogens is 268 g/mol. The molecule has 2 rings (SSSR count). The van der Waals surface area contributed by atoms with Crippen LogP contribution >= 0.6 is 15.9 Å². The molecule has 0 heterocycles. The predicted molar refractivity (Wildman–Crippen MR) is 66.5 cm³/mol. The van der Waals surface area contributed by atoms with E-state index in [2.05, 4.69) is 15.9 Å². The zero-order chi connectivity index (χ0) is 12.1. The van der Waals surface area contributed by atoms with E-state index in [1.54, 1.807) is 0 Å². The lowest BCUT2D eigenvalue weighted by Crippen LogP contribution is -2.03. The number of aliphatic carboxylic acids is 1. The van der Waals surface area contributed by atoms with Gasteiger partial charge in [0.1, 0.15) is 0 Å². The van der Waals surface area contributed by atoms with Crippen molar-refractivity contribution >= 4 is 21.9 Å². The first-order valence-corrected chi connectivity index (χ1v) is 6.14. The van der Waals surface area contributed by atoms with Gasteiger partial charge < -0.3 is 5.11 Å². The van der Waals surface area contributed by atoms with Crippen molar-refractivity contribution in [1.29, 1.82) is 0 Å². The van der Waals surface area contributed by atoms with E-state index in [0.29, 0.717) is 0 Å². The van der Waals surface area contributed by atoms with Crippen LogP contribution in [0.15, 0.2) is 22.7 Å². The Morgan fingerprint density at radius 1 is 1.44 bits per heavy atom. The maximum absolute atomic E-state index is 11.1. The Morgan fingerprint density at radius 2 is 2.06 bits per heavy atom. The summed E-state index contributed by atoms with van der Waals surface area (Å²) < 4.78 is 1.01. The van der Waals surface area contributed by atoms with Crippen LogP contribution in [0.5, 0.6) is 0 Å². The molecule has 1 N–H and O–H groups in total. The van der Waals surface area contributed by atoms with Crippen molar-refractivity contribution in [1.82, 2.24) is 0 Å². The van der Waals surface area contributed by atoms with Gasteiger partial charge in [-0.3, -0.25) is 4.79 Å². The number of carbonyl (C=O) groups is 1. The summed E-state index contributed by atoms with van der Waals surface area (Å²) in [5.74, 6) is -0.794. The molecule has 1 fully saturated rings. The van der Waals surface area contributed by atoms with Crippen LogP contribution in [0.25, 0.3) is 0 Å². The molecule has 1 aliphatic carbocycles. The Balaban J connectivity index is 2.40. The van der Waals surface area contributed by atoms with Gasteiger partial charge in [0.15, 0.2) is 0 Å². The highest BCUT2D eigenvalue weighted by Crippen LogP contribution is 2.65. The lowest BCUT2D eigenvalue weighted by Gasteiger charge is -2.07. The van der Waals surface area contributed by atoms with E-state index in [0.717, 1.165) is 10.0 Å². The van der Waals surface area contributed by atoms with Crippen LogP contribution in [0.4, 0.5) is 0 Å². The summed E-state index contributed by atoms with van der Waals surface area (Å²) in [6, 6.07) is 6.07. The maximum Gasteiger partial charge on any atom is 0.307 e. The summed E-state index contributed by atoms with van der Waals surface area (Å²) in [4.78, 5) is 11.1. The molecule has 0 spiro atoms. The van der Waals surface area contributed by atoms with Crippen molar-refractivity contribution in [2.24, 2.45) is 11.3 Å². The van der Waals surface area contributed by atoms with Gasteiger partial charge in [0.25, 0.3) is 0 Å². The van der Waals surface area contributed by atoms with E-state index in [4.69, 9.17) is 5.11 Å². The molecule has 3 heteroatoms. The van der Waals surface area contributed by atoms with E-state index in [1.807, 2.05) is 39.0 Å². The van der Waals surface area contributed by atoms with Crippen LogP contribution in [0, 0.1) is 18.3 Å². The van der Waals surface area contributed by atoms with E-state index in [1.165, 1.54) is 5.56 Å². The van der Waals surface area contributed by atoms with Crippen molar-refractivity contribution in [3.63, 3.8) is 0 Å². The Hall–Kier alpha value is -0.830. The Kier molecular flexibility index (Phi) is 2.61. The number of hydrogen-bond donors (Lipinski definition) is 1. The molecule has 0 amide bonds. The first kappa shape index (κ1) is 11.6. The first-order chi connectivity index (χ1) is 7.35. The highest BCUT2D eigenvalue weighted by atomic mass is 79.9. The fourth-order valence-electron chi connectivity index (χ4n) is 2.63. The lowest BCUT2D eigenvalue weighted by atomic mass is 9.99. The second-order valence-electron chi connectivity index (χ2n) is 5.12. The van der Waals surface area contributed by atoms with Gasteiger partial charge in [0, 0.05) is 10.4 Å². The Morgan fingerprint density at radius 3 is 2.56 bits per heavy atom. The number of carboxylic acid groups (broad SMARTS) is 1. The molecule has 86 valence electrons. The molecule has 2 atom stereocenters. The molecule has 0 aliphatic heterocycles. The third-order valence-electron chi connectivity index (χ3n) is 3.67. The molecule has 0 bridgehead atoms. The fraction of sp³-hybridized carbons (Fsp3) is 0.462. The average Bonchev–Trinajstić information content (AvgIpc) is 2.73. The highest BCUT2D eigenvalue weighted by Gasteiger charge is 2.62. The molecule has 1 aliphatic rings. The molecule has 0 radical (unpaired) electrons. The SMILES string of the molecule is Cc1ccc(Br)cc1[C@@H]1[C@@H](C(=O)O)C1(C)C. The molecule has 0 saturated heterocycles. The largest absolute Gasteiger partial charge is 0.481 e. The fourth-order valence-corrected chi connectivity index (χ4v) is 3.00. The molecule has 1 saturated carbocycles. The minimum atomic E-state index is -0.686. The molecule has 16 heavy (non-hydrogen) atoms. The van der Waals surface area contributed by atoms with E-state index >= 15 is 0 Å². The zero-order valence-corrected chi connectivity index (χ0v) is 11.2. The van der Waals surface area contributed by atoms with Crippen LogP contribution in [-0.2, 0) is 4.79 Å². The normalized spacial score (nSPS) is 26.5. The van der Waals surface area contributed by atoms with Gasteiger partial charge >= 0.3 is 5.97 Å². The van der Waals surface area contributed by atoms with Crippen LogP contribution < -0.4 is 0 Å². The number of aryl methyl sites for hydroxylation is 1. The summed E-state index contributed by atoms with van der Waals surface area (Å²) in [5, 5.41) is 9.17. The van der Waals surface area contributed by atoms with Gasteiger partial charge in [-0.1, -0.05) is 35.8 Å². The van der Waals surface area contributed by atoms with Crippen molar-refractivity contribution in [3.8, 4) is 0 Å². The molecule has 1 aromatic carbocycles. The maximum atomic E-state index is 11.1. The molecular formula is C13H15BrO2. The lowest BCUT2D eigenvalue weighted by molar-refractivity contribution is -0.139. The molecule has 0 unspecified atom stereocenters. The van der Waals surface area contributed by atoms with Crippen LogP contribution in [0.2, 0.25) is 0 Å². The number of carboxylic acids is 1. The van der Waals surface area contributed by atoms with Crippen molar-refractivity contribution in [3.05, 3.63) is 33.8 Å². The van der Waals surface area contributed by atoms with Gasteiger partial charge in [0.05, 0.1) is 5.92 Å². The van der Waals surface area contributed by atoms with Crippen LogP contribution in [0.3, 0.4) is 0 Å². The summed E-state index contributed by atoms with van der Waals surface area (Å²) in [7, 11) is 0. The first-order valence-electron chi connectivity index (χ1n) is 5.34. The van der Waals surface area contributed by atoms with Crippen molar-refractivity contribution in [2.75, 3.05) is 0 Å². The van der Waals surface area contributed by atoms with Gasteiger partial charge in [-0.2, -0.15) is 0 Å². The van der Waals surface area contributed by atoms with Crippen LogP contribution in [-0.4, -0.2) is 11.1 Å². The van der Waals surface area contributed by atoms with Crippen molar-refractivity contribution < 1.29 is 9.90 Å². The number of benzene rings is 1. The number of hydrogen-bond acceptors (Lipinski definition) is 1. The highest BCUT2D eigenvalue weighted by molar-refractivity contribution is 9.10. The van der Waals surface area contributed by atoms with E-state index in [9.17, 15) is 4.79 Å². The number of rotatable bonds is 2. The van der Waals surface area contributed by atoms with Gasteiger partial charge in [-0.05, 0) is 35.6 Å². The Labute approximate surface area is 104 Å².